The third-order valence-electron chi connectivity index (χ3n) is 4.26. The Labute approximate surface area is 120 Å². The normalized spacial score (nSPS) is 26.1. The average Bonchev–Trinajstić information content (AvgIpc) is 2.81. The Kier molecular flexibility index (Phi) is 4.99. The standard InChI is InChI=1S/C14H25N3O3/c1-11(10-20-3)17-9-12(8-13(17)18)14(19)16-6-4-15(2)5-7-16/h11-12H,4-10H2,1-3H3/t11-,12+/m0/s1. The summed E-state index contributed by atoms with van der Waals surface area (Å²) in [5.41, 5.74) is 0. The van der Waals surface area contributed by atoms with Crippen LogP contribution < -0.4 is 0 Å². The van der Waals surface area contributed by atoms with Crippen molar-refractivity contribution in [3.8, 4) is 0 Å². The van der Waals surface area contributed by atoms with Crippen molar-refractivity contribution in [3.05, 3.63) is 0 Å². The zero-order valence-electron chi connectivity index (χ0n) is 12.7. The van der Waals surface area contributed by atoms with Gasteiger partial charge in [0.05, 0.1) is 18.6 Å². The Hall–Kier alpha value is -1.14. The van der Waals surface area contributed by atoms with Crippen molar-refractivity contribution in [2.24, 2.45) is 5.92 Å². The van der Waals surface area contributed by atoms with E-state index in [0.29, 0.717) is 19.6 Å². The van der Waals surface area contributed by atoms with Crippen LogP contribution in [0.1, 0.15) is 13.3 Å². The molecule has 2 saturated heterocycles. The number of piperazine rings is 1. The Morgan fingerprint density at radius 3 is 2.60 bits per heavy atom. The van der Waals surface area contributed by atoms with Crippen LogP contribution in [0.3, 0.4) is 0 Å². The number of likely N-dealkylation sites (N-methyl/N-ethyl adjacent to an activating group) is 1. The van der Waals surface area contributed by atoms with Gasteiger partial charge in [-0.25, -0.2) is 0 Å². The molecule has 0 N–H and O–H groups in total. The van der Waals surface area contributed by atoms with Gasteiger partial charge in [0.1, 0.15) is 0 Å². The number of hydrogen-bond donors (Lipinski definition) is 0. The molecule has 0 aromatic heterocycles. The van der Waals surface area contributed by atoms with Gasteiger partial charge < -0.3 is 19.4 Å². The summed E-state index contributed by atoms with van der Waals surface area (Å²) in [4.78, 5) is 30.4. The summed E-state index contributed by atoms with van der Waals surface area (Å²) in [7, 11) is 3.69. The van der Waals surface area contributed by atoms with Crippen LogP contribution in [0, 0.1) is 5.92 Å². The van der Waals surface area contributed by atoms with E-state index in [0.717, 1.165) is 26.2 Å². The van der Waals surface area contributed by atoms with Crippen LogP contribution in [0.2, 0.25) is 0 Å². The summed E-state index contributed by atoms with van der Waals surface area (Å²) in [6.45, 7) is 6.38. The fourth-order valence-electron chi connectivity index (χ4n) is 2.94. The predicted octanol–water partition coefficient (Wildman–Crippen LogP) is -0.356. The summed E-state index contributed by atoms with van der Waals surface area (Å²) in [5.74, 6) is 0.0332. The molecule has 20 heavy (non-hydrogen) atoms. The van der Waals surface area contributed by atoms with E-state index in [4.69, 9.17) is 4.74 Å². The van der Waals surface area contributed by atoms with Gasteiger partial charge in [-0.1, -0.05) is 0 Å². The molecule has 0 spiro atoms. The Balaban J connectivity index is 1.91. The van der Waals surface area contributed by atoms with Gasteiger partial charge >= 0.3 is 0 Å². The molecular formula is C14H25N3O3. The van der Waals surface area contributed by atoms with Gasteiger partial charge in [-0.15, -0.1) is 0 Å². The Morgan fingerprint density at radius 1 is 1.35 bits per heavy atom. The van der Waals surface area contributed by atoms with Crippen LogP contribution in [0.15, 0.2) is 0 Å². The zero-order chi connectivity index (χ0) is 14.7. The first-order chi connectivity index (χ1) is 9.52. The minimum absolute atomic E-state index is 0.0396. The van der Waals surface area contributed by atoms with Gasteiger partial charge in [-0.3, -0.25) is 9.59 Å². The number of methoxy groups -OCH3 is 1. The highest BCUT2D eigenvalue weighted by Crippen LogP contribution is 2.22. The lowest BCUT2D eigenvalue weighted by Gasteiger charge is -2.34. The summed E-state index contributed by atoms with van der Waals surface area (Å²) < 4.78 is 5.09. The van der Waals surface area contributed by atoms with E-state index in [1.807, 2.05) is 11.8 Å². The first-order valence-corrected chi connectivity index (χ1v) is 7.28. The third-order valence-corrected chi connectivity index (χ3v) is 4.26. The van der Waals surface area contributed by atoms with E-state index in [-0.39, 0.29) is 23.8 Å². The molecule has 2 aliphatic heterocycles. The van der Waals surface area contributed by atoms with Gasteiger partial charge in [-0.2, -0.15) is 0 Å². The number of carbonyl (C=O) groups excluding carboxylic acids is 2. The lowest BCUT2D eigenvalue weighted by molar-refractivity contribution is -0.137. The van der Waals surface area contributed by atoms with Crippen LogP contribution in [-0.4, -0.2) is 86.0 Å². The van der Waals surface area contributed by atoms with E-state index in [1.165, 1.54) is 0 Å². The van der Waals surface area contributed by atoms with Crippen LogP contribution in [0.25, 0.3) is 0 Å². The number of hydrogen-bond acceptors (Lipinski definition) is 4. The molecule has 2 rings (SSSR count). The molecule has 2 heterocycles. The third kappa shape index (κ3) is 3.30. The molecule has 114 valence electrons. The molecule has 2 atom stereocenters. The second kappa shape index (κ2) is 6.54. The summed E-state index contributed by atoms with van der Waals surface area (Å²) >= 11 is 0. The highest BCUT2D eigenvalue weighted by atomic mass is 16.5. The molecule has 2 aliphatic rings. The molecule has 6 heteroatoms. The molecular weight excluding hydrogens is 258 g/mol. The number of likely N-dealkylation sites (tertiary alicyclic amines) is 1. The number of ether oxygens (including phenoxy) is 1. The summed E-state index contributed by atoms with van der Waals surface area (Å²) in [5, 5.41) is 0. The molecule has 2 fully saturated rings. The lowest BCUT2D eigenvalue weighted by atomic mass is 10.1. The van der Waals surface area contributed by atoms with Crippen molar-refractivity contribution < 1.29 is 14.3 Å². The van der Waals surface area contributed by atoms with Crippen LogP contribution >= 0.6 is 0 Å². The average molecular weight is 283 g/mol. The zero-order valence-corrected chi connectivity index (χ0v) is 12.7. The highest BCUT2D eigenvalue weighted by Gasteiger charge is 2.38. The fraction of sp³-hybridized carbons (Fsp3) is 0.857. The maximum Gasteiger partial charge on any atom is 0.228 e. The van der Waals surface area contributed by atoms with Crippen LogP contribution in [-0.2, 0) is 14.3 Å². The molecule has 6 nitrogen and oxygen atoms in total. The van der Waals surface area contributed by atoms with Gasteiger partial charge in [-0.05, 0) is 14.0 Å². The van der Waals surface area contributed by atoms with Gasteiger partial charge in [0.25, 0.3) is 0 Å². The van der Waals surface area contributed by atoms with Crippen molar-refractivity contribution >= 4 is 11.8 Å². The van der Waals surface area contributed by atoms with E-state index < -0.39 is 0 Å². The van der Waals surface area contributed by atoms with Crippen molar-refractivity contribution in [2.45, 2.75) is 19.4 Å². The SMILES string of the molecule is COC[C@H](C)N1C[C@H](C(=O)N2CCN(C)CC2)CC1=O. The van der Waals surface area contributed by atoms with Crippen LogP contribution in [0.5, 0.6) is 0 Å². The Morgan fingerprint density at radius 2 is 2.00 bits per heavy atom. The lowest BCUT2D eigenvalue weighted by Crippen LogP contribution is -2.49. The van der Waals surface area contributed by atoms with Gasteiger partial charge in [0.15, 0.2) is 0 Å². The minimum atomic E-state index is -0.176. The predicted molar refractivity (Wildman–Crippen MR) is 75.2 cm³/mol. The quantitative estimate of drug-likeness (QED) is 0.707. The second-order valence-corrected chi connectivity index (χ2v) is 5.88. The molecule has 0 unspecified atom stereocenters. The highest BCUT2D eigenvalue weighted by molar-refractivity contribution is 5.89. The van der Waals surface area contributed by atoms with Crippen molar-refractivity contribution in [3.63, 3.8) is 0 Å². The van der Waals surface area contributed by atoms with E-state index in [1.54, 1.807) is 12.0 Å². The monoisotopic (exact) mass is 283 g/mol. The number of carbonyl (C=O) groups is 2. The topological polar surface area (TPSA) is 53.1 Å². The summed E-state index contributed by atoms with van der Waals surface area (Å²) in [6.07, 6.45) is 0.346. The molecule has 0 aliphatic carbocycles. The second-order valence-electron chi connectivity index (χ2n) is 5.88. The summed E-state index contributed by atoms with van der Waals surface area (Å²) in [6, 6.07) is 0.0396. The van der Waals surface area contributed by atoms with Crippen molar-refractivity contribution in [1.29, 1.82) is 0 Å². The van der Waals surface area contributed by atoms with Gasteiger partial charge in [0.2, 0.25) is 11.8 Å². The first kappa shape index (κ1) is 15.3. The number of nitrogens with zero attached hydrogens (tertiary/aromatic N) is 3. The molecule has 0 saturated carbocycles. The molecule has 0 bridgehead atoms. The molecule has 0 radical (unpaired) electrons. The van der Waals surface area contributed by atoms with Crippen molar-refractivity contribution in [1.82, 2.24) is 14.7 Å². The van der Waals surface area contributed by atoms with Crippen LogP contribution in [0.4, 0.5) is 0 Å². The van der Waals surface area contributed by atoms with Gasteiger partial charge in [0, 0.05) is 46.3 Å². The van der Waals surface area contributed by atoms with E-state index in [2.05, 4.69) is 11.9 Å². The van der Waals surface area contributed by atoms with E-state index in [9.17, 15) is 9.59 Å². The molecule has 0 aromatic carbocycles. The maximum absolute atomic E-state index is 12.5. The van der Waals surface area contributed by atoms with E-state index >= 15 is 0 Å². The van der Waals surface area contributed by atoms with Crippen molar-refractivity contribution in [2.75, 3.05) is 53.5 Å². The molecule has 0 aromatic rings. The number of amides is 2. The smallest absolute Gasteiger partial charge is 0.228 e. The maximum atomic E-state index is 12.5. The largest absolute Gasteiger partial charge is 0.383 e. The number of rotatable bonds is 4. The first-order valence-electron chi connectivity index (χ1n) is 7.28. The fourth-order valence-corrected chi connectivity index (χ4v) is 2.94. The Bertz CT molecular complexity index is 367. The molecule has 2 amide bonds. The minimum Gasteiger partial charge on any atom is -0.383 e.